The van der Waals surface area contributed by atoms with E-state index in [2.05, 4.69) is 59.9 Å². The summed E-state index contributed by atoms with van der Waals surface area (Å²) in [5.74, 6) is 0.336. The number of aryl methyl sites for hydroxylation is 1. The molecule has 2 N–H and O–H groups in total. The van der Waals surface area contributed by atoms with Crippen molar-refractivity contribution in [3.63, 3.8) is 0 Å². The van der Waals surface area contributed by atoms with Gasteiger partial charge in [-0.25, -0.2) is 4.98 Å². The quantitative estimate of drug-likeness (QED) is 0.317. The van der Waals surface area contributed by atoms with Gasteiger partial charge in [-0.2, -0.15) is 5.10 Å². The molecule has 0 atom stereocenters. The third-order valence-corrected chi connectivity index (χ3v) is 11.4. The predicted molar refractivity (Wildman–Crippen MR) is 184 cm³/mol. The maximum Gasteiger partial charge on any atom is 0.258 e. The van der Waals surface area contributed by atoms with E-state index in [-0.39, 0.29) is 18.1 Å². The number of hydrogen-bond acceptors (Lipinski definition) is 8. The summed E-state index contributed by atoms with van der Waals surface area (Å²) in [4.78, 5) is 30.8. The Labute approximate surface area is 276 Å². The number of likely N-dealkylation sites (tertiary alicyclic amines) is 2. The van der Waals surface area contributed by atoms with E-state index < -0.39 is 0 Å². The summed E-state index contributed by atoms with van der Waals surface area (Å²) in [6.07, 6.45) is 13.3. The third-order valence-electron chi connectivity index (χ3n) is 11.4. The lowest BCUT2D eigenvalue weighted by molar-refractivity contribution is -0.0419. The predicted octanol–water partition coefficient (Wildman–Crippen LogP) is 4.56. The molecule has 1 saturated carbocycles. The van der Waals surface area contributed by atoms with Gasteiger partial charge in [0.15, 0.2) is 0 Å². The van der Waals surface area contributed by atoms with Crippen LogP contribution in [0.4, 0.5) is 11.6 Å². The van der Waals surface area contributed by atoms with Crippen LogP contribution >= 0.6 is 0 Å². The number of benzene rings is 1. The highest BCUT2D eigenvalue weighted by atomic mass is 16.3. The molecule has 3 saturated heterocycles. The number of amides is 1. The van der Waals surface area contributed by atoms with Crippen LogP contribution in [0.25, 0.3) is 22.3 Å². The molecule has 47 heavy (non-hydrogen) atoms. The number of carbonyl (C=O) groups is 1. The maximum atomic E-state index is 13.6. The summed E-state index contributed by atoms with van der Waals surface area (Å²) in [5.41, 5.74) is 5.81. The molecule has 248 valence electrons. The number of piperidine rings is 2. The minimum Gasteiger partial charge on any atom is -0.393 e. The number of pyridine rings is 1. The number of anilines is 2. The summed E-state index contributed by atoms with van der Waals surface area (Å²) in [7, 11) is 4.11. The molecule has 11 nitrogen and oxygen atoms in total. The summed E-state index contributed by atoms with van der Waals surface area (Å²) >= 11 is 0. The molecule has 3 aromatic heterocycles. The number of fused-ring (bicyclic) bond motifs is 1. The molecule has 4 aromatic rings. The van der Waals surface area contributed by atoms with Crippen molar-refractivity contribution < 1.29 is 9.90 Å². The maximum absolute atomic E-state index is 13.6. The van der Waals surface area contributed by atoms with Gasteiger partial charge in [-0.15, -0.1) is 0 Å². The Hall–Kier alpha value is -3.80. The van der Waals surface area contributed by atoms with Gasteiger partial charge in [0.05, 0.1) is 29.0 Å². The Balaban J connectivity index is 1.01. The van der Waals surface area contributed by atoms with Gasteiger partial charge in [-0.1, -0.05) is 0 Å². The normalized spacial score (nSPS) is 24.1. The van der Waals surface area contributed by atoms with E-state index in [1.807, 2.05) is 13.2 Å². The van der Waals surface area contributed by atoms with Gasteiger partial charge in [0, 0.05) is 74.5 Å². The van der Waals surface area contributed by atoms with Gasteiger partial charge >= 0.3 is 0 Å². The van der Waals surface area contributed by atoms with Crippen LogP contribution in [0.2, 0.25) is 0 Å². The molecule has 1 aromatic carbocycles. The van der Waals surface area contributed by atoms with Crippen LogP contribution in [-0.2, 0) is 7.05 Å². The van der Waals surface area contributed by atoms with Gasteiger partial charge < -0.3 is 24.4 Å². The minimum atomic E-state index is -0.265. The van der Waals surface area contributed by atoms with Crippen LogP contribution in [-0.4, -0.2) is 104 Å². The number of imidazole rings is 1. The van der Waals surface area contributed by atoms with Gasteiger partial charge in [0.1, 0.15) is 0 Å². The highest BCUT2D eigenvalue weighted by molar-refractivity contribution is 6.04. The summed E-state index contributed by atoms with van der Waals surface area (Å²) in [6.45, 7) is 7.16. The molecule has 0 unspecified atom stereocenters. The highest BCUT2D eigenvalue weighted by Crippen LogP contribution is 2.41. The zero-order chi connectivity index (χ0) is 32.1. The number of aromatic nitrogens is 5. The molecule has 3 aliphatic heterocycles. The Bertz CT molecular complexity index is 1730. The van der Waals surface area contributed by atoms with Gasteiger partial charge in [-0.3, -0.25) is 19.8 Å². The molecule has 4 aliphatic rings. The lowest BCUT2D eigenvalue weighted by Crippen LogP contribution is -2.60. The summed E-state index contributed by atoms with van der Waals surface area (Å²) in [5, 5.41) is 17.7. The highest BCUT2D eigenvalue weighted by Gasteiger charge is 2.44. The van der Waals surface area contributed by atoms with E-state index in [1.165, 1.54) is 57.5 Å². The topological polar surface area (TPSA) is 108 Å². The zero-order valence-corrected chi connectivity index (χ0v) is 27.7. The second kappa shape index (κ2) is 12.3. The largest absolute Gasteiger partial charge is 0.393 e. The molecule has 1 aliphatic carbocycles. The van der Waals surface area contributed by atoms with Crippen molar-refractivity contribution in [2.75, 3.05) is 56.5 Å². The molecule has 11 heteroatoms. The standard InChI is InChI=1S/C36H47N9O2/c1-41-23-36(24-41)12-17-44(18-13-36)27-10-15-43(16-11-27)29-5-8-31-33(20-29)45(28-3-6-30(46)7-4-28)35(39-31)40-34(47)25-9-14-37-32(19-25)26-21-38-42(2)22-26/h5,8-9,14,19-22,27-28,30,46H,3-4,6-7,10-13,15-18,23-24H2,1-2H3,(H,39,40,47). The van der Waals surface area contributed by atoms with Crippen LogP contribution in [0.1, 0.15) is 67.8 Å². The summed E-state index contributed by atoms with van der Waals surface area (Å²) in [6, 6.07) is 10.9. The first-order valence-electron chi connectivity index (χ1n) is 17.5. The first-order valence-corrected chi connectivity index (χ1v) is 17.5. The second-order valence-electron chi connectivity index (χ2n) is 14.7. The number of rotatable bonds is 6. The van der Waals surface area contributed by atoms with Crippen molar-refractivity contribution in [1.82, 2.24) is 34.1 Å². The Morgan fingerprint density at radius 2 is 1.70 bits per heavy atom. The number of aliphatic hydroxyl groups excluding tert-OH is 1. The van der Waals surface area contributed by atoms with E-state index in [9.17, 15) is 9.90 Å². The van der Waals surface area contributed by atoms with Crippen molar-refractivity contribution in [3.8, 4) is 11.3 Å². The fourth-order valence-corrected chi connectivity index (χ4v) is 8.78. The van der Waals surface area contributed by atoms with Crippen LogP contribution in [0.3, 0.4) is 0 Å². The van der Waals surface area contributed by atoms with Crippen molar-refractivity contribution >= 4 is 28.6 Å². The van der Waals surface area contributed by atoms with E-state index >= 15 is 0 Å². The van der Waals surface area contributed by atoms with Crippen molar-refractivity contribution in [3.05, 3.63) is 54.5 Å². The van der Waals surface area contributed by atoms with E-state index in [4.69, 9.17) is 4.98 Å². The van der Waals surface area contributed by atoms with Gasteiger partial charge in [0.2, 0.25) is 5.95 Å². The van der Waals surface area contributed by atoms with Crippen molar-refractivity contribution in [2.45, 2.75) is 69.6 Å². The fraction of sp³-hybridized carbons (Fsp3) is 0.556. The van der Waals surface area contributed by atoms with E-state index in [0.29, 0.717) is 28.7 Å². The molecule has 1 spiro atoms. The Kier molecular flexibility index (Phi) is 8.01. The second-order valence-corrected chi connectivity index (χ2v) is 14.7. The van der Waals surface area contributed by atoms with E-state index in [1.54, 1.807) is 29.2 Å². The molecule has 8 rings (SSSR count). The van der Waals surface area contributed by atoms with Crippen molar-refractivity contribution in [2.24, 2.45) is 12.5 Å². The first-order chi connectivity index (χ1) is 22.8. The van der Waals surface area contributed by atoms with E-state index in [0.717, 1.165) is 55.4 Å². The monoisotopic (exact) mass is 637 g/mol. The van der Waals surface area contributed by atoms with Gasteiger partial charge in [-0.05, 0) is 107 Å². The van der Waals surface area contributed by atoms with Crippen LogP contribution < -0.4 is 10.2 Å². The fourth-order valence-electron chi connectivity index (χ4n) is 8.78. The van der Waals surface area contributed by atoms with Gasteiger partial charge in [0.25, 0.3) is 5.91 Å². The number of aliphatic hydroxyl groups is 1. The number of carbonyl (C=O) groups excluding carboxylic acids is 1. The first kappa shape index (κ1) is 30.5. The molecule has 6 heterocycles. The lowest BCUT2D eigenvalue weighted by atomic mass is 9.72. The average molecular weight is 638 g/mol. The summed E-state index contributed by atoms with van der Waals surface area (Å²) < 4.78 is 3.95. The molecule has 4 fully saturated rings. The molecule has 1 amide bonds. The molecular weight excluding hydrogens is 590 g/mol. The lowest BCUT2D eigenvalue weighted by Gasteiger charge is -2.54. The Morgan fingerprint density at radius 1 is 0.936 bits per heavy atom. The SMILES string of the molecule is CN1CC2(CCN(C3CCN(c4ccc5nc(NC(=O)c6ccnc(-c7cnn(C)c7)c6)n(C6CCC(O)CC6)c5c4)CC3)CC2)C1. The number of nitrogens with zero attached hydrogens (tertiary/aromatic N) is 8. The smallest absolute Gasteiger partial charge is 0.258 e. The zero-order valence-electron chi connectivity index (χ0n) is 27.7. The minimum absolute atomic E-state index is 0.154. The molecule has 0 bridgehead atoms. The average Bonchev–Trinajstić information content (AvgIpc) is 3.68. The third kappa shape index (κ3) is 6.05. The number of hydrogen-bond donors (Lipinski definition) is 2. The van der Waals surface area contributed by atoms with Crippen molar-refractivity contribution in [1.29, 1.82) is 0 Å². The molecular formula is C36H47N9O2. The van der Waals surface area contributed by atoms with Crippen LogP contribution in [0.15, 0.2) is 48.9 Å². The Morgan fingerprint density at radius 3 is 2.40 bits per heavy atom. The number of nitrogens with one attached hydrogen (secondary N) is 1. The van der Waals surface area contributed by atoms with Crippen LogP contribution in [0.5, 0.6) is 0 Å². The molecule has 0 radical (unpaired) electrons. The van der Waals surface area contributed by atoms with Crippen LogP contribution in [0, 0.1) is 5.41 Å².